The van der Waals surface area contributed by atoms with E-state index in [0.717, 1.165) is 19.3 Å². The number of imidazole rings is 1. The Balaban J connectivity index is 0.00000450. The number of halogens is 4. The number of aromatic nitrogens is 2. The van der Waals surface area contributed by atoms with Gasteiger partial charge in [-0.2, -0.15) is 13.2 Å². The standard InChI is InChI=1S/C20H34F3N5O.HI/c1-5-24-17(27-14-18(7-6-8-18)13-15(2)3)26-10-9-19(29,20(21,22)23)16-25-11-12-28(16)4;/h11-12,15,29H,5-10,13-14H2,1-4H3,(H2,24,26,27);1H. The maximum Gasteiger partial charge on any atom is 0.424 e. The SMILES string of the molecule is CCNC(=NCC1(CC(C)C)CCC1)NCCC(O)(c1nccn1C)C(F)(F)F.I. The van der Waals surface area contributed by atoms with Crippen molar-refractivity contribution in [3.05, 3.63) is 18.2 Å². The molecule has 0 spiro atoms. The van der Waals surface area contributed by atoms with Crippen LogP contribution in [0.1, 0.15) is 58.7 Å². The lowest BCUT2D eigenvalue weighted by atomic mass is 9.64. The summed E-state index contributed by atoms with van der Waals surface area (Å²) in [5.41, 5.74) is -2.82. The molecule has 1 aromatic heterocycles. The summed E-state index contributed by atoms with van der Waals surface area (Å²) < 4.78 is 42.1. The third-order valence-electron chi connectivity index (χ3n) is 5.61. The largest absolute Gasteiger partial charge is 0.424 e. The smallest absolute Gasteiger partial charge is 0.374 e. The molecule has 1 aliphatic carbocycles. The Morgan fingerprint density at radius 1 is 1.33 bits per heavy atom. The van der Waals surface area contributed by atoms with Crippen molar-refractivity contribution in [2.75, 3.05) is 19.6 Å². The number of alkyl halides is 3. The Hall–Kier alpha value is -1.04. The highest BCUT2D eigenvalue weighted by molar-refractivity contribution is 14.0. The highest BCUT2D eigenvalue weighted by atomic mass is 127. The molecule has 10 heteroatoms. The Morgan fingerprint density at radius 2 is 2.00 bits per heavy atom. The van der Waals surface area contributed by atoms with Gasteiger partial charge in [0.1, 0.15) is 5.82 Å². The van der Waals surface area contributed by atoms with E-state index in [1.807, 2.05) is 6.92 Å². The molecule has 6 nitrogen and oxygen atoms in total. The van der Waals surface area contributed by atoms with E-state index in [4.69, 9.17) is 0 Å². The molecule has 174 valence electrons. The van der Waals surface area contributed by atoms with E-state index in [9.17, 15) is 18.3 Å². The Bertz CT molecular complexity index is 688. The molecule has 1 aromatic rings. The van der Waals surface area contributed by atoms with Crippen molar-refractivity contribution < 1.29 is 18.3 Å². The number of nitrogens with one attached hydrogen (secondary N) is 2. The zero-order valence-electron chi connectivity index (χ0n) is 18.2. The number of hydrogen-bond acceptors (Lipinski definition) is 3. The average molecular weight is 545 g/mol. The highest BCUT2D eigenvalue weighted by Crippen LogP contribution is 2.46. The van der Waals surface area contributed by atoms with E-state index in [1.54, 1.807) is 0 Å². The molecule has 0 aromatic carbocycles. The fourth-order valence-electron chi connectivity index (χ4n) is 4.06. The molecule has 2 rings (SSSR count). The van der Waals surface area contributed by atoms with Crippen molar-refractivity contribution in [2.24, 2.45) is 23.4 Å². The minimum absolute atomic E-state index is 0. The summed E-state index contributed by atoms with van der Waals surface area (Å²) in [7, 11) is 1.44. The number of aliphatic hydroxyl groups is 1. The predicted molar refractivity (Wildman–Crippen MR) is 123 cm³/mol. The molecule has 3 N–H and O–H groups in total. The minimum atomic E-state index is -4.84. The fraction of sp³-hybridized carbons (Fsp3) is 0.800. The summed E-state index contributed by atoms with van der Waals surface area (Å²) in [5, 5.41) is 16.5. The fourth-order valence-corrected chi connectivity index (χ4v) is 4.06. The van der Waals surface area contributed by atoms with Crippen molar-refractivity contribution in [2.45, 2.75) is 64.7 Å². The first kappa shape index (κ1) is 27.0. The Labute approximate surface area is 194 Å². The van der Waals surface area contributed by atoms with Crippen LogP contribution in [0.3, 0.4) is 0 Å². The van der Waals surface area contributed by atoms with Gasteiger partial charge < -0.3 is 20.3 Å². The van der Waals surface area contributed by atoms with Gasteiger partial charge in [0.15, 0.2) is 5.96 Å². The van der Waals surface area contributed by atoms with Gasteiger partial charge in [0.05, 0.1) is 0 Å². The Morgan fingerprint density at radius 3 is 2.43 bits per heavy atom. The van der Waals surface area contributed by atoms with Gasteiger partial charge in [0.25, 0.3) is 0 Å². The third-order valence-corrected chi connectivity index (χ3v) is 5.61. The summed E-state index contributed by atoms with van der Waals surface area (Å²) >= 11 is 0. The Kier molecular flexibility index (Phi) is 9.91. The van der Waals surface area contributed by atoms with Crippen LogP contribution in [0.15, 0.2) is 17.4 Å². The van der Waals surface area contributed by atoms with E-state index < -0.39 is 24.0 Å². The normalized spacial score (nSPS) is 18.4. The van der Waals surface area contributed by atoms with E-state index in [1.165, 1.54) is 30.4 Å². The van der Waals surface area contributed by atoms with Crippen molar-refractivity contribution in [1.29, 1.82) is 0 Å². The van der Waals surface area contributed by atoms with E-state index in [-0.39, 0.29) is 35.9 Å². The number of nitrogens with zero attached hydrogens (tertiary/aromatic N) is 3. The monoisotopic (exact) mass is 545 g/mol. The lowest BCUT2D eigenvalue weighted by molar-refractivity contribution is -0.272. The topological polar surface area (TPSA) is 74.5 Å². The number of aryl methyl sites for hydroxylation is 1. The summed E-state index contributed by atoms with van der Waals surface area (Å²) in [6.07, 6.45) is 1.81. The molecular formula is C20H35F3IN5O. The van der Waals surface area contributed by atoms with Crippen molar-refractivity contribution in [3.8, 4) is 0 Å². The van der Waals surface area contributed by atoms with Crippen LogP contribution in [0, 0.1) is 11.3 Å². The second kappa shape index (κ2) is 11.0. The van der Waals surface area contributed by atoms with Gasteiger partial charge in [0.2, 0.25) is 5.60 Å². The van der Waals surface area contributed by atoms with Crippen LogP contribution in [0.4, 0.5) is 13.2 Å². The molecular weight excluding hydrogens is 510 g/mol. The molecule has 0 aliphatic heterocycles. The summed E-state index contributed by atoms with van der Waals surface area (Å²) in [6.45, 7) is 7.47. The first-order valence-electron chi connectivity index (χ1n) is 10.3. The summed E-state index contributed by atoms with van der Waals surface area (Å²) in [4.78, 5) is 8.36. The number of rotatable bonds is 9. The van der Waals surface area contributed by atoms with Gasteiger partial charge in [-0.25, -0.2) is 4.98 Å². The highest BCUT2D eigenvalue weighted by Gasteiger charge is 2.57. The molecule has 1 fully saturated rings. The van der Waals surface area contributed by atoms with Crippen LogP contribution in [0.25, 0.3) is 0 Å². The zero-order chi connectivity index (χ0) is 21.7. The third kappa shape index (κ3) is 6.48. The van der Waals surface area contributed by atoms with Crippen LogP contribution < -0.4 is 10.6 Å². The molecule has 1 saturated carbocycles. The number of guanidine groups is 1. The van der Waals surface area contributed by atoms with Crippen LogP contribution in [0.5, 0.6) is 0 Å². The molecule has 1 heterocycles. The zero-order valence-corrected chi connectivity index (χ0v) is 20.6. The first-order chi connectivity index (χ1) is 13.5. The molecule has 0 amide bonds. The maximum atomic E-state index is 13.6. The molecule has 0 saturated heterocycles. The second-order valence-electron chi connectivity index (χ2n) is 8.54. The van der Waals surface area contributed by atoms with Crippen LogP contribution in [-0.4, -0.2) is 46.4 Å². The van der Waals surface area contributed by atoms with E-state index >= 15 is 0 Å². The first-order valence-corrected chi connectivity index (χ1v) is 10.3. The second-order valence-corrected chi connectivity index (χ2v) is 8.54. The van der Waals surface area contributed by atoms with Gasteiger partial charge >= 0.3 is 6.18 Å². The average Bonchev–Trinajstić information content (AvgIpc) is 3.02. The van der Waals surface area contributed by atoms with Gasteiger partial charge in [-0.05, 0) is 37.5 Å². The molecule has 30 heavy (non-hydrogen) atoms. The minimum Gasteiger partial charge on any atom is -0.374 e. The summed E-state index contributed by atoms with van der Waals surface area (Å²) in [5.74, 6) is 0.645. The van der Waals surface area contributed by atoms with Crippen molar-refractivity contribution >= 4 is 29.9 Å². The van der Waals surface area contributed by atoms with Crippen molar-refractivity contribution in [1.82, 2.24) is 20.2 Å². The maximum absolute atomic E-state index is 13.6. The van der Waals surface area contributed by atoms with E-state index in [0.29, 0.717) is 25.0 Å². The van der Waals surface area contributed by atoms with E-state index in [2.05, 4.69) is 34.5 Å². The van der Waals surface area contributed by atoms with Gasteiger partial charge in [-0.15, -0.1) is 24.0 Å². The molecule has 0 radical (unpaired) electrons. The van der Waals surface area contributed by atoms with Crippen LogP contribution in [-0.2, 0) is 12.6 Å². The molecule has 0 bridgehead atoms. The lowest BCUT2D eigenvalue weighted by Crippen LogP contribution is -2.48. The van der Waals surface area contributed by atoms with Gasteiger partial charge in [0, 0.05) is 45.5 Å². The van der Waals surface area contributed by atoms with Crippen molar-refractivity contribution in [3.63, 3.8) is 0 Å². The van der Waals surface area contributed by atoms with Crippen LogP contribution in [0.2, 0.25) is 0 Å². The molecule has 1 unspecified atom stereocenters. The molecule has 1 atom stereocenters. The number of hydrogen-bond donors (Lipinski definition) is 3. The lowest BCUT2D eigenvalue weighted by Gasteiger charge is -2.42. The van der Waals surface area contributed by atoms with Gasteiger partial charge in [-0.3, -0.25) is 4.99 Å². The number of aliphatic imine (C=N–C) groups is 1. The summed E-state index contributed by atoms with van der Waals surface area (Å²) in [6, 6.07) is 0. The quantitative estimate of drug-likeness (QED) is 0.250. The predicted octanol–water partition coefficient (Wildman–Crippen LogP) is 3.95. The van der Waals surface area contributed by atoms with Gasteiger partial charge in [-0.1, -0.05) is 20.3 Å². The molecule has 1 aliphatic rings. The van der Waals surface area contributed by atoms with Crippen LogP contribution >= 0.6 is 24.0 Å².